The van der Waals surface area contributed by atoms with Crippen molar-refractivity contribution in [3.05, 3.63) is 29.8 Å². The van der Waals surface area contributed by atoms with Gasteiger partial charge in [0.25, 0.3) is 0 Å². The van der Waals surface area contributed by atoms with Crippen LogP contribution >= 0.6 is 0 Å². The molecule has 0 amide bonds. The van der Waals surface area contributed by atoms with Gasteiger partial charge in [0.15, 0.2) is 0 Å². The molecule has 2 unspecified atom stereocenters. The van der Waals surface area contributed by atoms with Crippen molar-refractivity contribution in [2.24, 2.45) is 0 Å². The Morgan fingerprint density at radius 3 is 3.00 bits per heavy atom. The Morgan fingerprint density at radius 1 is 1.47 bits per heavy atom. The Hall–Kier alpha value is -1.10. The smallest absolute Gasteiger partial charge is 0.122 e. The zero-order valence-corrected chi connectivity index (χ0v) is 11.7. The van der Waals surface area contributed by atoms with Crippen molar-refractivity contribution in [2.75, 3.05) is 33.4 Å². The van der Waals surface area contributed by atoms with E-state index in [9.17, 15) is 5.11 Å². The van der Waals surface area contributed by atoms with Gasteiger partial charge in [-0.3, -0.25) is 4.90 Å². The van der Waals surface area contributed by atoms with Gasteiger partial charge in [0.2, 0.25) is 0 Å². The number of hydrogen-bond acceptors (Lipinski definition) is 4. The molecule has 106 valence electrons. The third-order valence-electron chi connectivity index (χ3n) is 3.68. The summed E-state index contributed by atoms with van der Waals surface area (Å²) in [6.07, 6.45) is -0.0454. The number of benzene rings is 1. The Balaban J connectivity index is 1.98. The maximum absolute atomic E-state index is 10.4. The molecule has 1 aliphatic rings. The fourth-order valence-corrected chi connectivity index (χ4v) is 2.48. The van der Waals surface area contributed by atoms with E-state index in [1.807, 2.05) is 24.3 Å². The van der Waals surface area contributed by atoms with E-state index in [4.69, 9.17) is 9.47 Å². The molecular weight excluding hydrogens is 242 g/mol. The molecule has 1 heterocycles. The molecule has 4 nitrogen and oxygen atoms in total. The molecule has 0 bridgehead atoms. The summed E-state index contributed by atoms with van der Waals surface area (Å²) in [6.45, 7) is 5.58. The van der Waals surface area contributed by atoms with Gasteiger partial charge in [-0.15, -0.1) is 0 Å². The van der Waals surface area contributed by atoms with E-state index in [1.54, 1.807) is 7.11 Å². The number of morpholine rings is 1. The minimum Gasteiger partial charge on any atom is -0.496 e. The van der Waals surface area contributed by atoms with Gasteiger partial charge in [-0.05, 0) is 18.2 Å². The summed E-state index contributed by atoms with van der Waals surface area (Å²) in [4.78, 5) is 2.31. The average Bonchev–Trinajstić information content (AvgIpc) is 2.47. The number of likely N-dealkylation sites (N-methyl/N-ethyl adjacent to an activating group) is 1. The predicted molar refractivity (Wildman–Crippen MR) is 74.6 cm³/mol. The van der Waals surface area contributed by atoms with E-state index in [2.05, 4.69) is 11.8 Å². The van der Waals surface area contributed by atoms with Crippen LogP contribution < -0.4 is 4.74 Å². The summed E-state index contributed by atoms with van der Waals surface area (Å²) in [5.74, 6) is 0.824. The molecule has 1 saturated heterocycles. The number of nitrogens with zero attached hydrogens (tertiary/aromatic N) is 1. The second-order valence-corrected chi connectivity index (χ2v) is 4.89. The second-order valence-electron chi connectivity index (χ2n) is 4.89. The van der Waals surface area contributed by atoms with Crippen LogP contribution in [-0.2, 0) is 11.2 Å². The molecule has 1 fully saturated rings. The number of para-hydroxylation sites is 1. The van der Waals surface area contributed by atoms with E-state index >= 15 is 0 Å². The minimum atomic E-state index is -0.495. The van der Waals surface area contributed by atoms with Crippen LogP contribution in [0.2, 0.25) is 0 Å². The van der Waals surface area contributed by atoms with Crippen molar-refractivity contribution in [2.45, 2.75) is 25.6 Å². The van der Waals surface area contributed by atoms with Gasteiger partial charge in [0.05, 0.1) is 25.9 Å². The van der Waals surface area contributed by atoms with Gasteiger partial charge < -0.3 is 14.6 Å². The summed E-state index contributed by atoms with van der Waals surface area (Å²) in [5.41, 5.74) is 1.02. The molecule has 4 heteroatoms. The van der Waals surface area contributed by atoms with Crippen molar-refractivity contribution in [3.8, 4) is 5.75 Å². The summed E-state index contributed by atoms with van der Waals surface area (Å²) in [7, 11) is 1.65. The van der Waals surface area contributed by atoms with Gasteiger partial charge in [-0.1, -0.05) is 25.1 Å². The largest absolute Gasteiger partial charge is 0.496 e. The van der Waals surface area contributed by atoms with Crippen LogP contribution in [0, 0.1) is 0 Å². The summed E-state index contributed by atoms with van der Waals surface area (Å²) in [6, 6.07) is 7.81. The Morgan fingerprint density at radius 2 is 2.26 bits per heavy atom. The SMILES string of the molecule is CCN1CCOC(C(O)Cc2ccccc2OC)C1. The molecule has 0 spiro atoms. The first-order valence-corrected chi connectivity index (χ1v) is 6.88. The van der Waals surface area contributed by atoms with Crippen molar-refractivity contribution in [3.63, 3.8) is 0 Å². The van der Waals surface area contributed by atoms with Crippen LogP contribution in [0.5, 0.6) is 5.75 Å². The van der Waals surface area contributed by atoms with Crippen molar-refractivity contribution >= 4 is 0 Å². The number of aliphatic hydroxyl groups excluding tert-OH is 1. The lowest BCUT2D eigenvalue weighted by Crippen LogP contribution is -2.48. The zero-order valence-electron chi connectivity index (χ0n) is 11.7. The first-order valence-electron chi connectivity index (χ1n) is 6.88. The highest BCUT2D eigenvalue weighted by atomic mass is 16.5. The first kappa shape index (κ1) is 14.3. The Kier molecular flexibility index (Phi) is 5.19. The first-order chi connectivity index (χ1) is 9.24. The van der Waals surface area contributed by atoms with E-state index in [0.717, 1.165) is 30.9 Å². The third-order valence-corrected chi connectivity index (χ3v) is 3.68. The van der Waals surface area contributed by atoms with E-state index in [1.165, 1.54) is 0 Å². The molecule has 0 aromatic heterocycles. The number of ether oxygens (including phenoxy) is 2. The fraction of sp³-hybridized carbons (Fsp3) is 0.600. The van der Waals surface area contributed by atoms with Crippen LogP contribution in [0.15, 0.2) is 24.3 Å². The standard InChI is InChI=1S/C15H23NO3/c1-3-16-8-9-19-15(11-16)13(17)10-12-6-4-5-7-14(12)18-2/h4-7,13,15,17H,3,8-11H2,1-2H3. The van der Waals surface area contributed by atoms with Gasteiger partial charge in [-0.2, -0.15) is 0 Å². The number of rotatable bonds is 5. The van der Waals surface area contributed by atoms with E-state index < -0.39 is 6.10 Å². The highest BCUT2D eigenvalue weighted by Gasteiger charge is 2.26. The van der Waals surface area contributed by atoms with Gasteiger partial charge in [-0.25, -0.2) is 0 Å². The molecule has 2 atom stereocenters. The minimum absolute atomic E-state index is 0.112. The second kappa shape index (κ2) is 6.89. The molecule has 1 N–H and O–H groups in total. The number of methoxy groups -OCH3 is 1. The summed E-state index contributed by atoms with van der Waals surface area (Å²) in [5, 5.41) is 10.4. The molecule has 0 saturated carbocycles. The predicted octanol–water partition coefficient (Wildman–Crippen LogP) is 1.32. The third kappa shape index (κ3) is 3.69. The van der Waals surface area contributed by atoms with Crippen LogP contribution in [0.25, 0.3) is 0 Å². The lowest BCUT2D eigenvalue weighted by atomic mass is 10.0. The van der Waals surface area contributed by atoms with Crippen molar-refractivity contribution < 1.29 is 14.6 Å². The molecular formula is C15H23NO3. The normalized spacial score (nSPS) is 22.2. The molecule has 1 aliphatic heterocycles. The maximum atomic E-state index is 10.4. The van der Waals surface area contributed by atoms with Crippen molar-refractivity contribution in [1.29, 1.82) is 0 Å². The van der Waals surface area contributed by atoms with Crippen LogP contribution in [0.4, 0.5) is 0 Å². The van der Waals surface area contributed by atoms with Gasteiger partial charge in [0.1, 0.15) is 5.75 Å². The zero-order chi connectivity index (χ0) is 13.7. The van der Waals surface area contributed by atoms with Crippen LogP contribution in [0.3, 0.4) is 0 Å². The number of aliphatic hydroxyl groups is 1. The molecule has 0 radical (unpaired) electrons. The van der Waals surface area contributed by atoms with Crippen LogP contribution in [-0.4, -0.2) is 55.6 Å². The quantitative estimate of drug-likeness (QED) is 0.872. The van der Waals surface area contributed by atoms with E-state index in [-0.39, 0.29) is 6.10 Å². The summed E-state index contributed by atoms with van der Waals surface area (Å²) < 4.78 is 11.0. The molecule has 19 heavy (non-hydrogen) atoms. The van der Waals surface area contributed by atoms with Crippen LogP contribution in [0.1, 0.15) is 12.5 Å². The molecule has 1 aromatic rings. The lowest BCUT2D eigenvalue weighted by Gasteiger charge is -2.34. The fourth-order valence-electron chi connectivity index (χ4n) is 2.48. The Labute approximate surface area is 114 Å². The molecule has 0 aliphatic carbocycles. The summed E-state index contributed by atoms with van der Waals surface area (Å²) >= 11 is 0. The highest BCUT2D eigenvalue weighted by molar-refractivity contribution is 5.33. The molecule has 2 rings (SSSR count). The highest BCUT2D eigenvalue weighted by Crippen LogP contribution is 2.21. The lowest BCUT2D eigenvalue weighted by molar-refractivity contribution is -0.0868. The van der Waals surface area contributed by atoms with E-state index in [0.29, 0.717) is 13.0 Å². The van der Waals surface area contributed by atoms with Gasteiger partial charge >= 0.3 is 0 Å². The topological polar surface area (TPSA) is 41.9 Å². The molecule has 1 aromatic carbocycles. The van der Waals surface area contributed by atoms with Gasteiger partial charge in [0, 0.05) is 19.5 Å². The maximum Gasteiger partial charge on any atom is 0.122 e. The average molecular weight is 265 g/mol. The Bertz CT molecular complexity index is 397. The monoisotopic (exact) mass is 265 g/mol. The number of hydrogen-bond donors (Lipinski definition) is 1. The van der Waals surface area contributed by atoms with Crippen molar-refractivity contribution in [1.82, 2.24) is 4.90 Å².